The first-order chi connectivity index (χ1) is 15.2. The first-order valence-electron chi connectivity index (χ1n) is 13.2. The van der Waals surface area contributed by atoms with Gasteiger partial charge in [-0.25, -0.2) is 0 Å². The summed E-state index contributed by atoms with van der Waals surface area (Å²) in [5.74, 6) is 4.01. The van der Waals surface area contributed by atoms with E-state index in [-0.39, 0.29) is 21.0 Å². The fourth-order valence-electron chi connectivity index (χ4n) is 9.16. The third-order valence-corrected chi connectivity index (χ3v) is 10.6. The minimum absolute atomic E-state index is 0. The fraction of sp³-hybridized carbons (Fsp3) is 0.833. The topological polar surface area (TPSA) is 47.3 Å². The third kappa shape index (κ3) is 4.54. The molecule has 5 rings (SSSR count). The Bertz CT molecular complexity index is 847. The summed E-state index contributed by atoms with van der Waals surface area (Å²) in [6, 6.07) is 0. The molecule has 4 saturated carbocycles. The zero-order valence-electron chi connectivity index (χ0n) is 20.7. The van der Waals surface area contributed by atoms with Crippen molar-refractivity contribution in [1.29, 1.82) is 0 Å². The van der Waals surface area contributed by atoms with Crippen LogP contribution in [0, 0.1) is 47.3 Å². The number of nitrogens with zero attached hydrogens (tertiary/aromatic N) is 2. The van der Waals surface area contributed by atoms with Crippen LogP contribution < -0.4 is 0 Å². The van der Waals surface area contributed by atoms with Crippen molar-refractivity contribution in [2.24, 2.45) is 40.4 Å². The fourth-order valence-corrected chi connectivity index (χ4v) is 9.16. The Hall–Kier alpha value is -1.13. The molecule has 1 aromatic heterocycles. The number of aromatic nitrogens is 2. The van der Waals surface area contributed by atoms with Crippen molar-refractivity contribution in [3.63, 3.8) is 0 Å². The lowest BCUT2D eigenvalue weighted by molar-refractivity contribution is -0.174. The Morgan fingerprint density at radius 2 is 1.82 bits per heavy atom. The maximum absolute atomic E-state index is 9.71. The molecule has 0 aromatic carbocycles. The third-order valence-electron chi connectivity index (χ3n) is 10.6. The molecule has 1 N–H and O–H groups in total. The number of hydrogen-bond donors (Lipinski definition) is 1. The van der Waals surface area contributed by atoms with Crippen LogP contribution in [0.3, 0.4) is 0 Å². The highest BCUT2D eigenvalue weighted by atomic mass is 16.6. The van der Waals surface area contributed by atoms with Gasteiger partial charge < -0.3 is 9.84 Å². The Balaban J connectivity index is 0.00000162. The lowest BCUT2D eigenvalue weighted by Gasteiger charge is -2.61. The monoisotopic (exact) mass is 472 g/mol. The highest BCUT2D eigenvalue weighted by molar-refractivity contribution is 5.17. The normalized spacial score (nSPS) is 41.8. The largest absolute Gasteiger partial charge is 0.368 e. The lowest BCUT2D eigenvalue weighted by atomic mass is 9.44. The highest BCUT2D eigenvalue weighted by Gasteiger charge is 2.60. The van der Waals surface area contributed by atoms with E-state index in [0.29, 0.717) is 16.7 Å². The van der Waals surface area contributed by atoms with Crippen molar-refractivity contribution in [1.82, 2.24) is 9.78 Å². The van der Waals surface area contributed by atoms with Gasteiger partial charge in [0.25, 0.3) is 0 Å². The van der Waals surface area contributed by atoms with Gasteiger partial charge in [-0.15, -0.1) is 0 Å². The van der Waals surface area contributed by atoms with Gasteiger partial charge >= 0.3 is 0 Å². The number of ether oxygens (including phenoxy) is 1. The second-order valence-corrected chi connectivity index (χ2v) is 12.3. The van der Waals surface area contributed by atoms with Crippen molar-refractivity contribution < 1.29 is 9.84 Å². The molecule has 4 fully saturated rings. The van der Waals surface area contributed by atoms with Crippen LogP contribution >= 0.6 is 0 Å². The van der Waals surface area contributed by atoms with Crippen molar-refractivity contribution in [2.75, 3.05) is 0 Å². The summed E-state index contributed by atoms with van der Waals surface area (Å²) < 4.78 is 7.92. The molecule has 4 heteroatoms. The van der Waals surface area contributed by atoms with E-state index in [4.69, 9.17) is 4.74 Å². The van der Waals surface area contributed by atoms with Crippen LogP contribution in [-0.2, 0) is 11.3 Å². The first-order valence-corrected chi connectivity index (χ1v) is 13.2. The van der Waals surface area contributed by atoms with Crippen LogP contribution in [-0.4, -0.2) is 27.3 Å². The second-order valence-electron chi connectivity index (χ2n) is 12.3. The minimum atomic E-state index is -0.634. The van der Waals surface area contributed by atoms with Gasteiger partial charge in [-0.05, 0) is 118 Å². The summed E-state index contributed by atoms with van der Waals surface area (Å²) in [5, 5.41) is 14.2. The molecule has 4 nitrogen and oxygen atoms in total. The molecule has 4 aliphatic carbocycles. The Morgan fingerprint density at radius 3 is 2.50 bits per heavy atom. The molecule has 0 radical (unpaired) electrons. The van der Waals surface area contributed by atoms with Crippen LogP contribution in [0.4, 0.5) is 0 Å². The molecular formula is C30H52N2O2. The summed E-state index contributed by atoms with van der Waals surface area (Å²) in [7, 11) is 0. The quantitative estimate of drug-likeness (QED) is 0.359. The van der Waals surface area contributed by atoms with E-state index in [1.165, 1.54) is 56.1 Å². The van der Waals surface area contributed by atoms with Crippen LogP contribution in [0.5, 0.6) is 0 Å². The molecule has 0 saturated heterocycles. The Kier molecular flexibility index (Phi) is 8.15. The van der Waals surface area contributed by atoms with Gasteiger partial charge in [-0.3, -0.25) is 4.68 Å². The van der Waals surface area contributed by atoms with E-state index in [2.05, 4.69) is 43.3 Å². The van der Waals surface area contributed by atoms with E-state index in [9.17, 15) is 5.11 Å². The van der Waals surface area contributed by atoms with Gasteiger partial charge in [-0.1, -0.05) is 40.9 Å². The number of aryl methyl sites for hydroxylation is 1. The average molecular weight is 473 g/mol. The molecule has 9 unspecified atom stereocenters. The van der Waals surface area contributed by atoms with Gasteiger partial charge in [0.1, 0.15) is 0 Å². The standard InChI is InChI=1S/C28H44N2O2.2CH4/c1-18-15-29-30(16-18)17-19(2)24-8-9-25-23-7-6-21-14-22(32-20(3)31)10-12-27(21,4)26(23)11-13-28(24,25)5;;/h15-16,20-26,31H,2,6-14,17H2,1,3-5H3;2*1H4. The lowest BCUT2D eigenvalue weighted by Crippen LogP contribution is -2.54. The zero-order valence-corrected chi connectivity index (χ0v) is 20.7. The average Bonchev–Trinajstić information content (AvgIpc) is 3.30. The number of aliphatic hydroxyl groups excluding tert-OH is 1. The van der Waals surface area contributed by atoms with Crippen molar-refractivity contribution in [3.8, 4) is 0 Å². The predicted molar refractivity (Wildman–Crippen MR) is 141 cm³/mol. The molecule has 0 amide bonds. The van der Waals surface area contributed by atoms with Gasteiger partial charge in [0.05, 0.1) is 18.8 Å². The number of allylic oxidation sites excluding steroid dienone is 1. The number of hydrogen-bond acceptors (Lipinski definition) is 3. The SMILES string of the molecule is C.C.C=C(Cn1cc(C)cn1)C1CCC2C3CCC4CC(OC(C)O)CCC4(C)C3CCC12C. The van der Waals surface area contributed by atoms with E-state index < -0.39 is 6.29 Å². The maximum atomic E-state index is 9.71. The maximum Gasteiger partial charge on any atom is 0.152 e. The van der Waals surface area contributed by atoms with Gasteiger partial charge in [-0.2, -0.15) is 5.10 Å². The van der Waals surface area contributed by atoms with Gasteiger partial charge in [0.15, 0.2) is 6.29 Å². The number of rotatable bonds is 5. The Labute approximate surface area is 209 Å². The first kappa shape index (κ1) is 27.5. The van der Waals surface area contributed by atoms with Crippen molar-refractivity contribution in [2.45, 2.75) is 119 Å². The van der Waals surface area contributed by atoms with Crippen LogP contribution in [0.15, 0.2) is 24.5 Å². The summed E-state index contributed by atoms with van der Waals surface area (Å²) in [5.41, 5.74) is 3.50. The number of aliphatic hydroxyl groups is 1. The molecule has 0 aliphatic heterocycles. The Morgan fingerprint density at radius 1 is 1.12 bits per heavy atom. The molecular weight excluding hydrogens is 420 g/mol. The molecule has 34 heavy (non-hydrogen) atoms. The summed E-state index contributed by atoms with van der Waals surface area (Å²) >= 11 is 0. The van der Waals surface area contributed by atoms with E-state index >= 15 is 0 Å². The molecule has 1 heterocycles. The van der Waals surface area contributed by atoms with Crippen molar-refractivity contribution in [3.05, 3.63) is 30.1 Å². The highest BCUT2D eigenvalue weighted by Crippen LogP contribution is 2.68. The molecule has 9 atom stereocenters. The van der Waals surface area contributed by atoms with Crippen LogP contribution in [0.25, 0.3) is 0 Å². The summed E-state index contributed by atoms with van der Waals surface area (Å²) in [6.07, 6.45) is 15.4. The summed E-state index contributed by atoms with van der Waals surface area (Å²) in [6.45, 7) is 14.6. The summed E-state index contributed by atoms with van der Waals surface area (Å²) in [4.78, 5) is 0. The van der Waals surface area contributed by atoms with Gasteiger partial charge in [0.2, 0.25) is 0 Å². The smallest absolute Gasteiger partial charge is 0.152 e. The predicted octanol–water partition coefficient (Wildman–Crippen LogP) is 7.40. The zero-order chi connectivity index (χ0) is 22.7. The number of fused-ring (bicyclic) bond motifs is 5. The van der Waals surface area contributed by atoms with Gasteiger partial charge in [0, 0.05) is 6.20 Å². The molecule has 194 valence electrons. The molecule has 1 aromatic rings. The minimum Gasteiger partial charge on any atom is -0.368 e. The molecule has 4 aliphatic rings. The van der Waals surface area contributed by atoms with Crippen LogP contribution in [0.2, 0.25) is 0 Å². The van der Waals surface area contributed by atoms with Crippen LogP contribution in [0.1, 0.15) is 99.0 Å². The second kappa shape index (κ2) is 10.1. The van der Waals surface area contributed by atoms with E-state index in [1.54, 1.807) is 6.92 Å². The molecule has 0 bridgehead atoms. The van der Waals surface area contributed by atoms with Crippen molar-refractivity contribution >= 4 is 0 Å². The van der Waals surface area contributed by atoms with E-state index in [0.717, 1.165) is 43.1 Å². The van der Waals surface area contributed by atoms with E-state index in [1.807, 2.05) is 6.20 Å². The molecule has 0 spiro atoms.